The van der Waals surface area contributed by atoms with Crippen molar-refractivity contribution in [1.82, 2.24) is 4.90 Å². The second kappa shape index (κ2) is 6.36. The predicted molar refractivity (Wildman–Crippen MR) is 78.5 cm³/mol. The first-order valence-electron chi connectivity index (χ1n) is 6.70. The van der Waals surface area contributed by atoms with Gasteiger partial charge in [-0.2, -0.15) is 0 Å². The van der Waals surface area contributed by atoms with Crippen molar-refractivity contribution in [3.05, 3.63) is 60.2 Å². The largest absolute Gasteiger partial charge is 0.300 e. The number of hydrogen-bond acceptors (Lipinski definition) is 1. The van der Waals surface area contributed by atoms with E-state index >= 15 is 0 Å². The van der Waals surface area contributed by atoms with Crippen LogP contribution in [0.25, 0.3) is 11.1 Å². The minimum absolute atomic E-state index is 1.04. The van der Waals surface area contributed by atoms with Gasteiger partial charge >= 0.3 is 0 Å². The fourth-order valence-corrected chi connectivity index (χ4v) is 2.14. The molecular formula is C17H21N. The summed E-state index contributed by atoms with van der Waals surface area (Å²) in [4.78, 5) is 2.43. The molecule has 18 heavy (non-hydrogen) atoms. The van der Waals surface area contributed by atoms with E-state index in [0.29, 0.717) is 0 Å². The van der Waals surface area contributed by atoms with Crippen LogP contribution < -0.4 is 0 Å². The monoisotopic (exact) mass is 239 g/mol. The third-order valence-electron chi connectivity index (χ3n) is 3.36. The highest BCUT2D eigenvalue weighted by molar-refractivity contribution is 5.63. The predicted octanol–water partition coefficient (Wildman–Crippen LogP) is 4.20. The highest BCUT2D eigenvalue weighted by atomic mass is 15.1. The summed E-state index contributed by atoms with van der Waals surface area (Å²) in [5.74, 6) is 0. The lowest BCUT2D eigenvalue weighted by Gasteiger charge is -2.18. The maximum absolute atomic E-state index is 2.43. The molecule has 0 aliphatic rings. The first-order chi connectivity index (χ1) is 8.83. The molecule has 0 N–H and O–H groups in total. The van der Waals surface area contributed by atoms with E-state index < -0.39 is 0 Å². The van der Waals surface area contributed by atoms with Crippen molar-refractivity contribution in [2.24, 2.45) is 0 Å². The Morgan fingerprint density at radius 3 is 1.83 bits per heavy atom. The van der Waals surface area contributed by atoms with Gasteiger partial charge in [0.1, 0.15) is 0 Å². The zero-order chi connectivity index (χ0) is 12.8. The zero-order valence-electron chi connectivity index (χ0n) is 11.3. The molecule has 0 spiro atoms. The summed E-state index contributed by atoms with van der Waals surface area (Å²) in [5.41, 5.74) is 3.96. The van der Waals surface area contributed by atoms with Crippen LogP contribution in [0, 0.1) is 0 Å². The van der Waals surface area contributed by atoms with Gasteiger partial charge in [-0.3, -0.25) is 4.90 Å². The molecule has 2 rings (SSSR count). The zero-order valence-corrected chi connectivity index (χ0v) is 11.3. The van der Waals surface area contributed by atoms with Crippen LogP contribution in [-0.2, 0) is 6.54 Å². The number of nitrogens with zero attached hydrogens (tertiary/aromatic N) is 1. The Hall–Kier alpha value is -1.60. The molecule has 0 radical (unpaired) electrons. The van der Waals surface area contributed by atoms with Gasteiger partial charge < -0.3 is 0 Å². The van der Waals surface area contributed by atoms with Crippen molar-refractivity contribution in [2.75, 3.05) is 13.1 Å². The average Bonchev–Trinajstić information content (AvgIpc) is 2.46. The molecule has 0 bridgehead atoms. The average molecular weight is 239 g/mol. The molecule has 0 aromatic heterocycles. The fraction of sp³-hybridized carbons (Fsp3) is 0.294. The van der Waals surface area contributed by atoms with E-state index in [2.05, 4.69) is 73.3 Å². The van der Waals surface area contributed by atoms with Crippen molar-refractivity contribution in [2.45, 2.75) is 20.4 Å². The topological polar surface area (TPSA) is 3.24 Å². The summed E-state index contributed by atoms with van der Waals surface area (Å²) in [6.07, 6.45) is 0. The van der Waals surface area contributed by atoms with Gasteiger partial charge in [-0.25, -0.2) is 0 Å². The van der Waals surface area contributed by atoms with Crippen molar-refractivity contribution >= 4 is 0 Å². The summed E-state index contributed by atoms with van der Waals surface area (Å²) in [6, 6.07) is 19.4. The Labute approximate surface area is 110 Å². The Morgan fingerprint density at radius 1 is 0.722 bits per heavy atom. The van der Waals surface area contributed by atoms with Crippen LogP contribution >= 0.6 is 0 Å². The van der Waals surface area contributed by atoms with Crippen LogP contribution in [0.4, 0.5) is 0 Å². The third kappa shape index (κ3) is 3.21. The lowest BCUT2D eigenvalue weighted by atomic mass is 10.0. The molecule has 2 aromatic carbocycles. The number of rotatable bonds is 5. The quantitative estimate of drug-likeness (QED) is 0.756. The molecule has 0 amide bonds. The van der Waals surface area contributed by atoms with Gasteiger partial charge in [0, 0.05) is 6.54 Å². The van der Waals surface area contributed by atoms with E-state index in [1.807, 2.05) is 0 Å². The fourth-order valence-electron chi connectivity index (χ4n) is 2.14. The molecule has 0 aliphatic carbocycles. The Balaban J connectivity index is 2.11. The molecule has 0 fully saturated rings. The van der Waals surface area contributed by atoms with Crippen LogP contribution in [0.5, 0.6) is 0 Å². The van der Waals surface area contributed by atoms with Gasteiger partial charge in [-0.1, -0.05) is 68.4 Å². The van der Waals surface area contributed by atoms with E-state index in [1.54, 1.807) is 0 Å². The SMILES string of the molecule is CCN(CC)Cc1ccc(-c2ccccc2)cc1. The highest BCUT2D eigenvalue weighted by Crippen LogP contribution is 2.19. The normalized spacial score (nSPS) is 10.8. The second-order valence-electron chi connectivity index (χ2n) is 4.52. The van der Waals surface area contributed by atoms with Crippen LogP contribution in [-0.4, -0.2) is 18.0 Å². The number of hydrogen-bond donors (Lipinski definition) is 0. The van der Waals surface area contributed by atoms with Gasteiger partial charge in [0.25, 0.3) is 0 Å². The van der Waals surface area contributed by atoms with E-state index in [0.717, 1.165) is 19.6 Å². The molecule has 94 valence electrons. The van der Waals surface area contributed by atoms with Gasteiger partial charge in [0.05, 0.1) is 0 Å². The molecule has 0 aliphatic heterocycles. The van der Waals surface area contributed by atoms with Crippen molar-refractivity contribution < 1.29 is 0 Å². The highest BCUT2D eigenvalue weighted by Gasteiger charge is 2.01. The van der Waals surface area contributed by atoms with E-state index in [9.17, 15) is 0 Å². The summed E-state index contributed by atoms with van der Waals surface area (Å²) >= 11 is 0. The molecule has 0 atom stereocenters. The van der Waals surface area contributed by atoms with E-state index in [1.165, 1.54) is 16.7 Å². The molecule has 1 heteroatoms. The minimum atomic E-state index is 1.04. The maximum atomic E-state index is 2.43. The molecule has 0 saturated heterocycles. The van der Waals surface area contributed by atoms with Crippen LogP contribution in [0.1, 0.15) is 19.4 Å². The van der Waals surface area contributed by atoms with Crippen molar-refractivity contribution in [3.63, 3.8) is 0 Å². The molecule has 1 nitrogen and oxygen atoms in total. The maximum Gasteiger partial charge on any atom is 0.0233 e. The van der Waals surface area contributed by atoms with Crippen molar-refractivity contribution in [3.8, 4) is 11.1 Å². The van der Waals surface area contributed by atoms with E-state index in [-0.39, 0.29) is 0 Å². The summed E-state index contributed by atoms with van der Waals surface area (Å²) in [7, 11) is 0. The minimum Gasteiger partial charge on any atom is -0.300 e. The van der Waals surface area contributed by atoms with E-state index in [4.69, 9.17) is 0 Å². The lowest BCUT2D eigenvalue weighted by Crippen LogP contribution is -2.21. The number of benzene rings is 2. The Bertz CT molecular complexity index is 455. The smallest absolute Gasteiger partial charge is 0.0233 e. The second-order valence-corrected chi connectivity index (χ2v) is 4.52. The van der Waals surface area contributed by atoms with Gasteiger partial charge in [0.15, 0.2) is 0 Å². The van der Waals surface area contributed by atoms with Crippen LogP contribution in [0.2, 0.25) is 0 Å². The lowest BCUT2D eigenvalue weighted by molar-refractivity contribution is 0.296. The van der Waals surface area contributed by atoms with Gasteiger partial charge in [-0.05, 0) is 29.8 Å². The first kappa shape index (κ1) is 12.8. The Morgan fingerprint density at radius 2 is 1.28 bits per heavy atom. The Kier molecular flexibility index (Phi) is 4.54. The van der Waals surface area contributed by atoms with Gasteiger partial charge in [-0.15, -0.1) is 0 Å². The van der Waals surface area contributed by atoms with Gasteiger partial charge in [0.2, 0.25) is 0 Å². The van der Waals surface area contributed by atoms with Crippen LogP contribution in [0.15, 0.2) is 54.6 Å². The summed E-state index contributed by atoms with van der Waals surface area (Å²) in [6.45, 7) is 7.68. The molecule has 0 saturated carbocycles. The molecular weight excluding hydrogens is 218 g/mol. The van der Waals surface area contributed by atoms with Crippen molar-refractivity contribution in [1.29, 1.82) is 0 Å². The summed E-state index contributed by atoms with van der Waals surface area (Å²) in [5, 5.41) is 0. The summed E-state index contributed by atoms with van der Waals surface area (Å²) < 4.78 is 0. The van der Waals surface area contributed by atoms with Crippen LogP contribution in [0.3, 0.4) is 0 Å². The molecule has 0 unspecified atom stereocenters. The third-order valence-corrected chi connectivity index (χ3v) is 3.36. The molecule has 2 aromatic rings. The molecule has 0 heterocycles. The standard InChI is InChI=1S/C17H21N/c1-3-18(4-2)14-15-10-12-17(13-11-15)16-8-6-5-7-9-16/h5-13H,3-4,14H2,1-2H3. The first-order valence-corrected chi connectivity index (χ1v) is 6.70.